The van der Waals surface area contributed by atoms with Crippen molar-refractivity contribution in [3.8, 4) is 0 Å². The summed E-state index contributed by atoms with van der Waals surface area (Å²) in [7, 11) is 0. The zero-order valence-corrected chi connectivity index (χ0v) is 14.6. The molecule has 2 amide bonds. The third-order valence-corrected chi connectivity index (χ3v) is 4.53. The first kappa shape index (κ1) is 17.0. The fraction of sp³-hybridized carbons (Fsp3) is 0.389. The summed E-state index contributed by atoms with van der Waals surface area (Å²) in [5.74, 6) is -0.370. The lowest BCUT2D eigenvalue weighted by atomic mass is 10.1. The largest absolute Gasteiger partial charge is 0.336 e. The number of likely N-dealkylation sites (tertiary alicyclic amines) is 1. The third-order valence-electron chi connectivity index (χ3n) is 4.53. The van der Waals surface area contributed by atoms with Gasteiger partial charge in [0.2, 0.25) is 17.8 Å². The van der Waals surface area contributed by atoms with Crippen molar-refractivity contribution in [2.45, 2.75) is 33.7 Å². The quantitative estimate of drug-likeness (QED) is 0.917. The molecular weight excluding hydrogens is 318 g/mol. The molecule has 7 nitrogen and oxygen atoms in total. The van der Waals surface area contributed by atoms with Gasteiger partial charge in [-0.05, 0) is 38.5 Å². The summed E-state index contributed by atoms with van der Waals surface area (Å²) in [5, 5.41) is 2.74. The van der Waals surface area contributed by atoms with Crippen molar-refractivity contribution < 1.29 is 9.59 Å². The number of anilines is 1. The first-order chi connectivity index (χ1) is 11.9. The molecule has 1 atom stereocenters. The molecule has 25 heavy (non-hydrogen) atoms. The van der Waals surface area contributed by atoms with Crippen LogP contribution in [0.2, 0.25) is 0 Å². The topological polar surface area (TPSA) is 88.1 Å². The molecule has 0 spiro atoms. The van der Waals surface area contributed by atoms with Crippen molar-refractivity contribution in [2.24, 2.45) is 5.92 Å². The van der Waals surface area contributed by atoms with Gasteiger partial charge in [0.25, 0.3) is 0 Å². The van der Waals surface area contributed by atoms with Crippen LogP contribution in [0, 0.1) is 26.7 Å². The van der Waals surface area contributed by atoms with E-state index in [-0.39, 0.29) is 18.2 Å². The zero-order chi connectivity index (χ0) is 18.0. The van der Waals surface area contributed by atoms with E-state index in [4.69, 9.17) is 0 Å². The summed E-state index contributed by atoms with van der Waals surface area (Å²) >= 11 is 0. The van der Waals surface area contributed by atoms with E-state index in [1.807, 2.05) is 39.0 Å². The van der Waals surface area contributed by atoms with Gasteiger partial charge in [0.15, 0.2) is 0 Å². The molecule has 2 aromatic rings. The molecule has 1 aliphatic heterocycles. The average molecular weight is 339 g/mol. The Balaban J connectivity index is 1.65. The van der Waals surface area contributed by atoms with Crippen LogP contribution in [-0.4, -0.2) is 38.2 Å². The van der Waals surface area contributed by atoms with Crippen molar-refractivity contribution in [1.82, 2.24) is 19.9 Å². The van der Waals surface area contributed by atoms with E-state index in [1.165, 1.54) is 0 Å². The van der Waals surface area contributed by atoms with Gasteiger partial charge < -0.3 is 4.90 Å². The second-order valence-corrected chi connectivity index (χ2v) is 6.33. The Hall–Kier alpha value is -2.83. The maximum absolute atomic E-state index is 12.5. The minimum absolute atomic E-state index is 0.0389. The van der Waals surface area contributed by atoms with E-state index in [1.54, 1.807) is 11.1 Å². The molecule has 1 N–H and O–H groups in total. The van der Waals surface area contributed by atoms with Crippen LogP contribution < -0.4 is 5.32 Å². The van der Waals surface area contributed by atoms with Gasteiger partial charge >= 0.3 is 0 Å². The van der Waals surface area contributed by atoms with E-state index in [0.717, 1.165) is 22.6 Å². The average Bonchev–Trinajstić information content (AvgIpc) is 2.94. The summed E-state index contributed by atoms with van der Waals surface area (Å²) in [5.41, 5.74) is 3.49. The Bertz CT molecular complexity index is 783. The first-order valence-corrected chi connectivity index (χ1v) is 8.24. The summed E-state index contributed by atoms with van der Waals surface area (Å²) in [6.07, 6.45) is 1.89. The maximum atomic E-state index is 12.5. The maximum Gasteiger partial charge on any atom is 0.232 e. The molecule has 0 bridgehead atoms. The highest BCUT2D eigenvalue weighted by atomic mass is 16.2. The SMILES string of the molecule is Cc1nc(NC(=O)C2CC(=O)N(Cc3ccccn3)C2)nc(C)c1C. The number of carbonyl (C=O) groups is 2. The van der Waals surface area contributed by atoms with Gasteiger partial charge in [-0.15, -0.1) is 0 Å². The minimum Gasteiger partial charge on any atom is -0.336 e. The zero-order valence-electron chi connectivity index (χ0n) is 14.6. The molecular formula is C18H21N5O2. The number of aryl methyl sites for hydroxylation is 2. The molecule has 3 rings (SSSR count). The first-order valence-electron chi connectivity index (χ1n) is 8.24. The Morgan fingerprint density at radius 3 is 2.60 bits per heavy atom. The highest BCUT2D eigenvalue weighted by Gasteiger charge is 2.34. The molecule has 1 saturated heterocycles. The Morgan fingerprint density at radius 1 is 1.24 bits per heavy atom. The van der Waals surface area contributed by atoms with Crippen LogP contribution in [0.4, 0.5) is 5.95 Å². The number of hydrogen-bond donors (Lipinski definition) is 1. The summed E-state index contributed by atoms with van der Waals surface area (Å²) in [6.45, 7) is 6.51. The van der Waals surface area contributed by atoms with Crippen LogP contribution in [0.1, 0.15) is 29.1 Å². The molecule has 0 radical (unpaired) electrons. The van der Waals surface area contributed by atoms with E-state index in [9.17, 15) is 9.59 Å². The number of aromatic nitrogens is 3. The van der Waals surface area contributed by atoms with Crippen LogP contribution in [0.5, 0.6) is 0 Å². The molecule has 0 saturated carbocycles. The van der Waals surface area contributed by atoms with Gasteiger partial charge in [0.1, 0.15) is 0 Å². The fourth-order valence-electron chi connectivity index (χ4n) is 2.83. The van der Waals surface area contributed by atoms with Gasteiger partial charge in [0.05, 0.1) is 18.2 Å². The van der Waals surface area contributed by atoms with E-state index >= 15 is 0 Å². The van der Waals surface area contributed by atoms with Crippen molar-refractivity contribution in [1.29, 1.82) is 0 Å². The number of nitrogens with zero attached hydrogens (tertiary/aromatic N) is 4. The van der Waals surface area contributed by atoms with Crippen molar-refractivity contribution in [3.05, 3.63) is 47.0 Å². The van der Waals surface area contributed by atoms with Crippen LogP contribution in [0.3, 0.4) is 0 Å². The minimum atomic E-state index is -0.401. The van der Waals surface area contributed by atoms with E-state index in [2.05, 4.69) is 20.3 Å². The second kappa shape index (κ2) is 6.96. The van der Waals surface area contributed by atoms with E-state index in [0.29, 0.717) is 19.0 Å². The lowest BCUT2D eigenvalue weighted by molar-refractivity contribution is -0.128. The smallest absolute Gasteiger partial charge is 0.232 e. The number of amides is 2. The van der Waals surface area contributed by atoms with Crippen molar-refractivity contribution in [3.63, 3.8) is 0 Å². The van der Waals surface area contributed by atoms with Gasteiger partial charge in [-0.3, -0.25) is 19.9 Å². The molecule has 0 aliphatic carbocycles. The van der Waals surface area contributed by atoms with Crippen LogP contribution in [-0.2, 0) is 16.1 Å². The molecule has 1 unspecified atom stereocenters. The molecule has 1 aliphatic rings. The molecule has 0 aromatic carbocycles. The van der Waals surface area contributed by atoms with Crippen LogP contribution in [0.15, 0.2) is 24.4 Å². The monoisotopic (exact) mass is 339 g/mol. The van der Waals surface area contributed by atoms with Gasteiger partial charge in [0, 0.05) is 30.6 Å². The standard InChI is InChI=1S/C18H21N5O2/c1-11-12(2)20-18(21-13(11)3)22-17(25)14-8-16(24)23(9-14)10-15-6-4-5-7-19-15/h4-7,14H,8-10H2,1-3H3,(H,20,21,22,25). The summed E-state index contributed by atoms with van der Waals surface area (Å²) in [6, 6.07) is 5.58. The lowest BCUT2D eigenvalue weighted by Gasteiger charge is -2.16. The predicted octanol–water partition coefficient (Wildman–Crippen LogP) is 1.78. The normalized spacial score (nSPS) is 17.0. The van der Waals surface area contributed by atoms with Crippen molar-refractivity contribution >= 4 is 17.8 Å². The number of pyridine rings is 1. The number of carbonyl (C=O) groups excluding carboxylic acids is 2. The Morgan fingerprint density at radius 2 is 1.96 bits per heavy atom. The Kier molecular flexibility index (Phi) is 4.74. The summed E-state index contributed by atoms with van der Waals surface area (Å²) in [4.78, 5) is 39.2. The number of hydrogen-bond acceptors (Lipinski definition) is 5. The third kappa shape index (κ3) is 3.81. The number of rotatable bonds is 4. The molecule has 2 aromatic heterocycles. The van der Waals surface area contributed by atoms with Gasteiger partial charge in [-0.25, -0.2) is 9.97 Å². The molecule has 3 heterocycles. The molecule has 130 valence electrons. The molecule has 7 heteroatoms. The van der Waals surface area contributed by atoms with Crippen LogP contribution in [0.25, 0.3) is 0 Å². The summed E-state index contributed by atoms with van der Waals surface area (Å²) < 4.78 is 0. The second-order valence-electron chi connectivity index (χ2n) is 6.33. The van der Waals surface area contributed by atoms with Gasteiger partial charge in [-0.2, -0.15) is 0 Å². The highest BCUT2D eigenvalue weighted by molar-refractivity contribution is 5.96. The van der Waals surface area contributed by atoms with Crippen molar-refractivity contribution in [2.75, 3.05) is 11.9 Å². The van der Waals surface area contributed by atoms with Crippen LogP contribution >= 0.6 is 0 Å². The number of nitrogens with one attached hydrogen (secondary N) is 1. The lowest BCUT2D eigenvalue weighted by Crippen LogP contribution is -2.28. The van der Waals surface area contributed by atoms with E-state index < -0.39 is 5.92 Å². The molecule has 1 fully saturated rings. The predicted molar refractivity (Wildman–Crippen MR) is 92.6 cm³/mol. The fourth-order valence-corrected chi connectivity index (χ4v) is 2.83. The highest BCUT2D eigenvalue weighted by Crippen LogP contribution is 2.21. The van der Waals surface area contributed by atoms with Gasteiger partial charge in [-0.1, -0.05) is 6.07 Å². The Labute approximate surface area is 146 Å².